The van der Waals surface area contributed by atoms with Gasteiger partial charge in [0.25, 0.3) is 11.7 Å². The fraction of sp³-hybridized carbons (Fsp3) is 0.750. The highest BCUT2D eigenvalue weighted by atomic mass is 31.2. The molecule has 69 heavy (non-hydrogen) atoms. The van der Waals surface area contributed by atoms with Gasteiger partial charge >= 0.3 is 13.6 Å². The Morgan fingerprint density at radius 1 is 0.855 bits per heavy atom. The van der Waals surface area contributed by atoms with Crippen molar-refractivity contribution in [2.24, 2.45) is 41.4 Å². The van der Waals surface area contributed by atoms with E-state index in [1.807, 2.05) is 51.2 Å². The summed E-state index contributed by atoms with van der Waals surface area (Å²) in [6, 6.07) is -1.16. The van der Waals surface area contributed by atoms with Gasteiger partial charge in [-0.3, -0.25) is 23.7 Å². The Labute approximate surface area is 409 Å². The average molecular weight is 990 g/mol. The zero-order valence-electron chi connectivity index (χ0n) is 42.7. The highest BCUT2D eigenvalue weighted by molar-refractivity contribution is 7.52. The van der Waals surface area contributed by atoms with E-state index < -0.39 is 109 Å². The Balaban J connectivity index is 1.51. The van der Waals surface area contributed by atoms with Crippen LogP contribution in [0.5, 0.6) is 0 Å². The van der Waals surface area contributed by atoms with Gasteiger partial charge in [0.05, 0.1) is 24.4 Å². The molecule has 5 aliphatic rings. The monoisotopic (exact) mass is 990 g/mol. The van der Waals surface area contributed by atoms with Crippen molar-refractivity contribution in [3.8, 4) is 0 Å². The van der Waals surface area contributed by atoms with Crippen molar-refractivity contribution in [2.45, 2.75) is 167 Å². The smallest absolute Gasteiger partial charge is 0.329 e. The molecule has 0 aromatic heterocycles. The van der Waals surface area contributed by atoms with Gasteiger partial charge in [0, 0.05) is 78.2 Å². The number of Topliss-reactive ketones (excluding diaryl/α,β-unsaturated/α-hetero) is 3. The molecule has 2 N–H and O–H groups in total. The lowest BCUT2D eigenvalue weighted by atomic mass is 9.68. The number of ketones is 3. The number of aliphatic hydroxyl groups is 2. The molecule has 1 saturated carbocycles. The molecule has 0 spiro atoms. The largest absolute Gasteiger partial charge is 0.460 e. The minimum absolute atomic E-state index is 0.0107. The molecule has 0 aromatic carbocycles. The van der Waals surface area contributed by atoms with Gasteiger partial charge < -0.3 is 47.8 Å². The normalized spacial score (nSPS) is 41.8. The summed E-state index contributed by atoms with van der Waals surface area (Å²) in [5, 5.41) is 23.6. The summed E-state index contributed by atoms with van der Waals surface area (Å²) in [7, 11) is 2.51. The standard InChI is InChI=1S/C52H80NO15P/c1-30-16-13-12-14-17-31(2)42(62-7)28-37-21-19-35(6)52(60,67-37)49(57)50(58)53-23-15-18-38-39(26-36-20-22-41(44(27-36)63-8)68-69(11,61)65-10)43(66-51(59)45(38)53)29-40(54)32(3)25-34(5)47(56)48(64-9)46(55)33(4)24-30/h12-14,16-17,25,30,32-33,35-39,41-45,47-48,56,60H,15,18-24,26-29H2,1-11H3/b14-12+,16-13+,31-17+,34-25+/t30-,32-,33?,35?,36?,37+,38?,39+,41-,42+,43+,44?,45?,47?,48+,52?,69?/m1/s1. The van der Waals surface area contributed by atoms with Crippen LogP contribution in [-0.2, 0) is 61.3 Å². The summed E-state index contributed by atoms with van der Waals surface area (Å²) in [5.74, 6) is -8.79. The van der Waals surface area contributed by atoms with Crippen molar-refractivity contribution in [1.82, 2.24) is 4.90 Å². The summed E-state index contributed by atoms with van der Waals surface area (Å²) in [6.07, 6.45) is 10.4. The highest BCUT2D eigenvalue weighted by Gasteiger charge is 2.57. The predicted molar refractivity (Wildman–Crippen MR) is 258 cm³/mol. The molecule has 0 radical (unpaired) electrons. The first-order chi connectivity index (χ1) is 32.6. The van der Waals surface area contributed by atoms with Crippen LogP contribution in [0.4, 0.5) is 0 Å². The van der Waals surface area contributed by atoms with Gasteiger partial charge in [0.2, 0.25) is 5.79 Å². The van der Waals surface area contributed by atoms with Crippen molar-refractivity contribution in [3.05, 3.63) is 47.6 Å². The van der Waals surface area contributed by atoms with Gasteiger partial charge in [0.15, 0.2) is 5.78 Å². The van der Waals surface area contributed by atoms with Crippen molar-refractivity contribution >= 4 is 36.8 Å². The molecule has 17 heteroatoms. The van der Waals surface area contributed by atoms with E-state index in [0.29, 0.717) is 69.8 Å². The van der Waals surface area contributed by atoms with Gasteiger partial charge in [-0.15, -0.1) is 0 Å². The van der Waals surface area contributed by atoms with Gasteiger partial charge in [-0.25, -0.2) is 4.79 Å². The van der Waals surface area contributed by atoms with E-state index >= 15 is 0 Å². The molecular weight excluding hydrogens is 910 g/mol. The Kier molecular flexibility index (Phi) is 20.5. The molecule has 4 fully saturated rings. The number of piperidine rings is 1. The first kappa shape index (κ1) is 56.7. The Morgan fingerprint density at radius 3 is 2.25 bits per heavy atom. The summed E-state index contributed by atoms with van der Waals surface area (Å²) >= 11 is 0. The SMILES string of the molecule is COC1CC(C[C@H]2C3CCCN4C(=O)C(=O)C5(O)O[C@@H](CCC5C)C[C@H](OC)/C(C)=C/C=C/C=C/[C@@H](C)CC(C)C(=O)[C@H](OC)C(O)/C(C)=C/[C@@H](C)C(=O)C[C@@H]2OC(=O)C34)CC[C@H]1OP(C)(=O)OC. The van der Waals surface area contributed by atoms with Gasteiger partial charge in [-0.05, 0) is 101 Å². The third-order valence-corrected chi connectivity index (χ3v) is 16.9. The van der Waals surface area contributed by atoms with Crippen LogP contribution in [0.25, 0.3) is 0 Å². The molecule has 16 nitrogen and oxygen atoms in total. The predicted octanol–water partition coefficient (Wildman–Crippen LogP) is 6.89. The van der Waals surface area contributed by atoms with Gasteiger partial charge in [-0.2, -0.15) is 0 Å². The Morgan fingerprint density at radius 2 is 1.58 bits per heavy atom. The van der Waals surface area contributed by atoms with E-state index in [4.69, 9.17) is 32.7 Å². The molecule has 4 aliphatic heterocycles. The molecule has 4 bridgehead atoms. The molecule has 17 atom stereocenters. The van der Waals surface area contributed by atoms with Crippen molar-refractivity contribution in [3.63, 3.8) is 0 Å². The highest BCUT2D eigenvalue weighted by Crippen LogP contribution is 2.49. The first-order valence-electron chi connectivity index (χ1n) is 24.9. The van der Waals surface area contributed by atoms with Gasteiger partial charge in [-0.1, -0.05) is 64.2 Å². The zero-order valence-corrected chi connectivity index (χ0v) is 43.6. The Bertz CT molecular complexity index is 2000. The quantitative estimate of drug-likeness (QED) is 0.110. The lowest BCUT2D eigenvalue weighted by Crippen LogP contribution is -2.65. The summed E-state index contributed by atoms with van der Waals surface area (Å²) in [5.41, 5.74) is 1.25. The van der Waals surface area contributed by atoms with Crippen LogP contribution in [0.1, 0.15) is 112 Å². The number of rotatable bonds is 8. The number of aliphatic hydroxyl groups excluding tert-OH is 1. The van der Waals surface area contributed by atoms with Crippen LogP contribution < -0.4 is 0 Å². The number of ether oxygens (including phenoxy) is 5. The van der Waals surface area contributed by atoms with E-state index in [0.717, 1.165) is 5.57 Å². The van der Waals surface area contributed by atoms with Crippen LogP contribution in [0, 0.1) is 41.4 Å². The molecule has 9 unspecified atom stereocenters. The minimum Gasteiger partial charge on any atom is -0.460 e. The molecule has 3 saturated heterocycles. The fourth-order valence-electron chi connectivity index (χ4n) is 11.3. The second-order valence-corrected chi connectivity index (χ2v) is 22.7. The van der Waals surface area contributed by atoms with Crippen molar-refractivity contribution in [2.75, 3.05) is 41.6 Å². The molecule has 1 amide bonds. The van der Waals surface area contributed by atoms with E-state index in [1.54, 1.807) is 41.1 Å². The number of allylic oxidation sites excluding steroid dienone is 6. The van der Waals surface area contributed by atoms with Crippen LogP contribution in [0.3, 0.4) is 0 Å². The lowest BCUT2D eigenvalue weighted by molar-refractivity contribution is -0.266. The van der Waals surface area contributed by atoms with E-state index in [-0.39, 0.29) is 36.4 Å². The lowest BCUT2D eigenvalue weighted by Gasteiger charge is -2.50. The molecule has 388 valence electrons. The third-order valence-electron chi connectivity index (χ3n) is 15.5. The molecular formula is C52H80NO15P. The number of fused-ring (bicyclic) bond motifs is 4. The van der Waals surface area contributed by atoms with E-state index in [1.165, 1.54) is 25.8 Å². The van der Waals surface area contributed by atoms with Crippen molar-refractivity contribution < 1.29 is 71.5 Å². The number of hydrogen-bond acceptors (Lipinski definition) is 15. The summed E-state index contributed by atoms with van der Waals surface area (Å²) < 4.78 is 53.6. The number of nitrogens with zero attached hydrogens (tertiary/aromatic N) is 1. The van der Waals surface area contributed by atoms with Crippen LogP contribution in [-0.4, -0.2) is 141 Å². The second-order valence-electron chi connectivity index (χ2n) is 20.5. The van der Waals surface area contributed by atoms with Gasteiger partial charge in [0.1, 0.15) is 30.1 Å². The topological polar surface area (TPSA) is 211 Å². The van der Waals surface area contributed by atoms with Crippen LogP contribution >= 0.6 is 7.60 Å². The maximum Gasteiger partial charge on any atom is 0.329 e. The molecule has 4 heterocycles. The maximum absolute atomic E-state index is 14.6. The number of esters is 1. The number of amides is 1. The van der Waals surface area contributed by atoms with Crippen LogP contribution in [0.15, 0.2) is 47.6 Å². The fourth-order valence-corrected chi connectivity index (χ4v) is 12.1. The maximum atomic E-state index is 14.6. The summed E-state index contributed by atoms with van der Waals surface area (Å²) in [4.78, 5) is 72.6. The number of carbonyl (C=O) groups is 5. The van der Waals surface area contributed by atoms with Crippen molar-refractivity contribution in [1.29, 1.82) is 0 Å². The molecule has 0 aromatic rings. The van der Waals surface area contributed by atoms with Crippen LogP contribution in [0.2, 0.25) is 0 Å². The minimum atomic E-state index is -3.33. The van der Waals surface area contributed by atoms with E-state index in [2.05, 4.69) is 0 Å². The van der Waals surface area contributed by atoms with E-state index in [9.17, 15) is 38.8 Å². The Hall–Kier alpha value is -3.18. The number of hydrogen-bond donors (Lipinski definition) is 2. The zero-order chi connectivity index (χ0) is 51.0. The third kappa shape index (κ3) is 13.9. The number of carbonyl (C=O) groups excluding carboxylic acids is 5. The molecule has 1 aliphatic carbocycles. The molecule has 5 rings (SSSR count). The number of methoxy groups -OCH3 is 3. The average Bonchev–Trinajstić information content (AvgIpc) is 3.32. The summed E-state index contributed by atoms with van der Waals surface area (Å²) in [6.45, 7) is 12.2. The first-order valence-corrected chi connectivity index (χ1v) is 26.9. The second kappa shape index (κ2) is 25.0.